The van der Waals surface area contributed by atoms with E-state index in [0.717, 1.165) is 11.1 Å². The Hall–Kier alpha value is 0.210. The van der Waals surface area contributed by atoms with Crippen LogP contribution in [0.4, 0.5) is 0 Å². The number of hydrogen-bond donors (Lipinski definition) is 0. The van der Waals surface area contributed by atoms with Gasteiger partial charge in [0.1, 0.15) is 0 Å². The van der Waals surface area contributed by atoms with Crippen molar-refractivity contribution in [3.8, 4) is 0 Å². The van der Waals surface area contributed by atoms with Crippen LogP contribution < -0.4 is 0 Å². The van der Waals surface area contributed by atoms with Crippen molar-refractivity contribution in [2.75, 3.05) is 0 Å². The molecule has 7 heteroatoms. The van der Waals surface area contributed by atoms with Gasteiger partial charge in [-0.25, -0.2) is 0 Å². The smallest absolute Gasteiger partial charge is 0.147 e. The third-order valence-corrected chi connectivity index (χ3v) is 25.8. The summed E-state index contributed by atoms with van der Waals surface area (Å²) < 4.78 is 7.38. The Kier molecular flexibility index (Phi) is 8.86. The van der Waals surface area contributed by atoms with E-state index in [9.17, 15) is 0 Å². The average molecular weight is 640 g/mol. The van der Waals surface area contributed by atoms with Crippen LogP contribution in [-0.2, 0) is 17.4 Å². The third-order valence-electron chi connectivity index (χ3n) is 7.72. The quantitative estimate of drug-likeness (QED) is 0.294. The summed E-state index contributed by atoms with van der Waals surface area (Å²) in [5, 5.41) is 1.78. The molecule has 0 radical (unpaired) electrons. The molecule has 2 unspecified atom stereocenters. The predicted octanol–water partition coefficient (Wildman–Crippen LogP) is 9.57. The van der Waals surface area contributed by atoms with E-state index in [1.165, 1.54) is 27.8 Å². The zero-order valence-corrected chi connectivity index (χ0v) is 27.6. The summed E-state index contributed by atoms with van der Waals surface area (Å²) in [5.74, 6) is 0.519. The van der Waals surface area contributed by atoms with E-state index < -0.39 is 17.4 Å². The molecule has 0 fully saturated rings. The first kappa shape index (κ1) is 29.4. The maximum absolute atomic E-state index is 6.68. The van der Waals surface area contributed by atoms with Crippen LogP contribution in [-0.4, -0.2) is 6.88 Å². The van der Waals surface area contributed by atoms with Gasteiger partial charge in [0.15, 0.2) is 0 Å². The van der Waals surface area contributed by atoms with Crippen molar-refractivity contribution in [3.05, 3.63) is 94.2 Å². The van der Waals surface area contributed by atoms with Gasteiger partial charge in [0.2, 0.25) is 0 Å². The van der Waals surface area contributed by atoms with Gasteiger partial charge >= 0.3 is 205 Å². The van der Waals surface area contributed by atoms with Gasteiger partial charge in [0, 0.05) is 0 Å². The molecule has 2 aliphatic carbocycles. The standard InChI is InChI=1S/C15H8Cl3.C9H13.2CH3.2ClH.H2Si.Zr/c16-10-7-13(17)15(14(18)8-10)12-6-5-9-3-1-2-4-11(9)12;1-6-5-7(2)9(4)8(6)3;;;;;;/h1-8H;6H,1-4H3;2*1H3;2*1H;1H2;. The van der Waals surface area contributed by atoms with Crippen LogP contribution in [0.1, 0.15) is 48.0 Å². The number of halogens is 5. The van der Waals surface area contributed by atoms with Crippen molar-refractivity contribution in [1.29, 1.82) is 0 Å². The number of benzene rings is 2. The first-order chi connectivity index (χ1) is 14.3. The summed E-state index contributed by atoms with van der Waals surface area (Å²) in [6, 6.07) is 12.4. The number of fused-ring (bicyclic) bond motifs is 1. The van der Waals surface area contributed by atoms with Crippen molar-refractivity contribution in [1.82, 2.24) is 0 Å². The van der Waals surface area contributed by atoms with Gasteiger partial charge in [-0.2, -0.15) is 0 Å². The molecule has 0 amide bonds. The zero-order valence-electron chi connectivity index (χ0n) is 19.9. The Morgan fingerprint density at radius 1 is 0.879 bits per heavy atom. The second kappa shape index (κ2) is 9.93. The SMILES string of the molecule is CC1=C(C)C(C)[C]([Zr]([CH3])([CH3])(=[SiH2])[CH]2C=C(c3c(Cl)cc(Cl)cc3Cl)c3ccccc32)=C1C.Cl.Cl. The van der Waals surface area contributed by atoms with Gasteiger partial charge in [-0.05, 0) is 0 Å². The summed E-state index contributed by atoms with van der Waals surface area (Å²) in [7, 11) is 0. The molecule has 0 N–H and O–H groups in total. The Balaban J connectivity index is 0.00000193. The molecule has 0 aromatic heterocycles. The van der Waals surface area contributed by atoms with E-state index in [1.807, 2.05) is 0 Å². The predicted molar refractivity (Wildman–Crippen MR) is 153 cm³/mol. The monoisotopic (exact) mass is 636 g/mol. The molecule has 0 saturated heterocycles. The fourth-order valence-electron chi connectivity index (χ4n) is 6.00. The van der Waals surface area contributed by atoms with Crippen LogP contribution in [0.3, 0.4) is 0 Å². The van der Waals surface area contributed by atoms with Crippen molar-refractivity contribution in [2.45, 2.75) is 40.6 Å². The zero-order chi connectivity index (χ0) is 22.9. The van der Waals surface area contributed by atoms with E-state index in [0.29, 0.717) is 24.6 Å². The Morgan fingerprint density at radius 3 is 1.94 bits per heavy atom. The second-order valence-electron chi connectivity index (χ2n) is 10.3. The molecule has 0 saturated carbocycles. The largest absolute Gasteiger partial charge is 0.147 e. The van der Waals surface area contributed by atoms with Crippen molar-refractivity contribution in [2.24, 2.45) is 5.92 Å². The minimum Gasteiger partial charge on any atom is -0.147 e. The van der Waals surface area contributed by atoms with Crippen LogP contribution in [0.15, 0.2) is 62.5 Å². The minimum atomic E-state index is -3.46. The molecule has 2 atom stereocenters. The summed E-state index contributed by atoms with van der Waals surface area (Å²) >= 11 is 16.1. The molecule has 2 aliphatic rings. The maximum atomic E-state index is 6.68. The topological polar surface area (TPSA) is 0 Å². The van der Waals surface area contributed by atoms with Crippen LogP contribution in [0.5, 0.6) is 0 Å². The molecule has 33 heavy (non-hydrogen) atoms. The Labute approximate surface area is 228 Å². The molecule has 0 spiro atoms. The van der Waals surface area contributed by atoms with E-state index in [2.05, 4.69) is 74.2 Å². The van der Waals surface area contributed by atoms with Gasteiger partial charge in [-0.15, -0.1) is 24.8 Å². The van der Waals surface area contributed by atoms with Gasteiger partial charge < -0.3 is 0 Å². The Bertz CT molecular complexity index is 1270. The Morgan fingerprint density at radius 2 is 1.42 bits per heavy atom. The van der Waals surface area contributed by atoms with Crippen molar-refractivity contribution in [3.63, 3.8) is 0 Å². The van der Waals surface area contributed by atoms with E-state index in [1.54, 1.807) is 15.4 Å². The van der Waals surface area contributed by atoms with Crippen LogP contribution in [0.2, 0.25) is 24.3 Å². The molecule has 4 rings (SSSR count). The fraction of sp³-hybridized carbons (Fsp3) is 0.308. The van der Waals surface area contributed by atoms with E-state index in [4.69, 9.17) is 34.8 Å². The molecular weight excluding hydrogens is 609 g/mol. The molecule has 0 aliphatic heterocycles. The van der Waals surface area contributed by atoms with Crippen molar-refractivity contribution >= 4 is 72.1 Å². The van der Waals surface area contributed by atoms with Gasteiger partial charge in [0.05, 0.1) is 0 Å². The van der Waals surface area contributed by atoms with Crippen LogP contribution in [0.25, 0.3) is 5.57 Å². The van der Waals surface area contributed by atoms with Gasteiger partial charge in [-0.1, -0.05) is 0 Å². The van der Waals surface area contributed by atoms with Gasteiger partial charge in [0.25, 0.3) is 0 Å². The minimum absolute atomic E-state index is 0. The van der Waals surface area contributed by atoms with E-state index >= 15 is 0 Å². The molecule has 0 bridgehead atoms. The van der Waals surface area contributed by atoms with Gasteiger partial charge in [-0.3, -0.25) is 0 Å². The van der Waals surface area contributed by atoms with E-state index in [-0.39, 0.29) is 24.8 Å². The molecule has 0 heterocycles. The first-order valence-electron chi connectivity index (χ1n) is 10.8. The normalized spacial score (nSPS) is 20.4. The maximum Gasteiger partial charge on any atom is -0.147 e. The number of allylic oxidation sites excluding steroid dienone is 5. The fourth-order valence-corrected chi connectivity index (χ4v) is 25.5. The summed E-state index contributed by atoms with van der Waals surface area (Å²) in [6.45, 7) is 11.7. The number of hydrogen-bond acceptors (Lipinski definition) is 0. The molecular formula is C26H31Cl5SiZr. The first-order valence-corrected chi connectivity index (χ1v) is 25.4. The third kappa shape index (κ3) is 4.69. The van der Waals surface area contributed by atoms with Crippen LogP contribution >= 0.6 is 59.6 Å². The molecule has 0 nitrogen and oxygen atoms in total. The molecule has 2 aromatic rings. The van der Waals surface area contributed by atoms with Crippen LogP contribution in [0, 0.1) is 5.92 Å². The second-order valence-corrected chi connectivity index (χ2v) is 41.1. The molecule has 178 valence electrons. The summed E-state index contributed by atoms with van der Waals surface area (Å²) in [4.78, 5) is 0. The summed E-state index contributed by atoms with van der Waals surface area (Å²) in [5.41, 5.74) is 9.25. The van der Waals surface area contributed by atoms with Crippen molar-refractivity contribution < 1.29 is 17.4 Å². The summed E-state index contributed by atoms with van der Waals surface area (Å²) in [6.07, 6.45) is 2.47. The number of rotatable bonds is 3. The molecule has 2 aromatic carbocycles. The average Bonchev–Trinajstić information content (AvgIpc) is 3.14.